The van der Waals surface area contributed by atoms with Crippen molar-refractivity contribution in [2.45, 2.75) is 12.5 Å². The van der Waals surface area contributed by atoms with Crippen molar-refractivity contribution in [2.75, 3.05) is 6.54 Å². The van der Waals surface area contributed by atoms with E-state index in [0.29, 0.717) is 15.9 Å². The Labute approximate surface area is 125 Å². The van der Waals surface area contributed by atoms with Crippen LogP contribution in [0.2, 0.25) is 5.02 Å². The highest BCUT2D eigenvalue weighted by molar-refractivity contribution is 6.35. The number of aliphatic hydroxyl groups is 1. The number of hydrogen-bond donors (Lipinski definition) is 3. The van der Waals surface area contributed by atoms with E-state index in [9.17, 15) is 14.7 Å². The lowest BCUT2D eigenvalue weighted by Gasteiger charge is -2.18. The number of fused-ring (bicyclic) bond motifs is 1. The Morgan fingerprint density at radius 3 is 2.71 bits per heavy atom. The molecule has 3 N–H and O–H groups in total. The summed E-state index contributed by atoms with van der Waals surface area (Å²) >= 11 is 6.08. The van der Waals surface area contributed by atoms with Crippen molar-refractivity contribution in [1.82, 2.24) is 10.3 Å². The maximum atomic E-state index is 12.0. The van der Waals surface area contributed by atoms with Gasteiger partial charge in [0.1, 0.15) is 5.69 Å². The fraction of sp³-hybridized carbons (Fsp3) is 0.214. The molecule has 2 rings (SSSR count). The van der Waals surface area contributed by atoms with E-state index in [1.54, 1.807) is 24.3 Å². The number of nitrogens with one attached hydrogen (secondary N) is 1. The van der Waals surface area contributed by atoms with Gasteiger partial charge < -0.3 is 15.5 Å². The number of benzene rings is 1. The second-order valence-electron chi connectivity index (χ2n) is 4.77. The molecular weight excluding hydrogens is 296 g/mol. The molecule has 1 amide bonds. The molecule has 0 aliphatic carbocycles. The molecular formula is C14H13ClN2O4. The first-order valence-corrected chi connectivity index (χ1v) is 6.48. The molecule has 1 aromatic carbocycles. The van der Waals surface area contributed by atoms with Gasteiger partial charge >= 0.3 is 5.97 Å². The highest BCUT2D eigenvalue weighted by atomic mass is 35.5. The lowest BCUT2D eigenvalue weighted by molar-refractivity contribution is -0.155. The van der Waals surface area contributed by atoms with Crippen molar-refractivity contribution in [3.8, 4) is 0 Å². The van der Waals surface area contributed by atoms with Crippen LogP contribution in [0, 0.1) is 0 Å². The lowest BCUT2D eigenvalue weighted by atomic mass is 10.1. The number of para-hydroxylation sites is 1. The predicted octanol–water partition coefficient (Wildman–Crippen LogP) is 1.45. The average Bonchev–Trinajstić information content (AvgIpc) is 2.44. The van der Waals surface area contributed by atoms with Gasteiger partial charge in [-0.1, -0.05) is 29.8 Å². The van der Waals surface area contributed by atoms with Gasteiger partial charge in [0.2, 0.25) is 0 Å². The Morgan fingerprint density at radius 1 is 1.38 bits per heavy atom. The second-order valence-corrected chi connectivity index (χ2v) is 5.18. The van der Waals surface area contributed by atoms with E-state index in [2.05, 4.69) is 10.3 Å². The third kappa shape index (κ3) is 3.29. The molecule has 110 valence electrons. The third-order valence-corrected chi connectivity index (χ3v) is 3.26. The van der Waals surface area contributed by atoms with Gasteiger partial charge in [-0.05, 0) is 19.1 Å². The van der Waals surface area contributed by atoms with Gasteiger partial charge in [0.25, 0.3) is 5.91 Å². The highest BCUT2D eigenvalue weighted by Crippen LogP contribution is 2.22. The third-order valence-electron chi connectivity index (χ3n) is 2.95. The normalized spacial score (nSPS) is 13.7. The minimum atomic E-state index is -2.05. The van der Waals surface area contributed by atoms with Crippen LogP contribution >= 0.6 is 11.6 Å². The number of carbonyl (C=O) groups is 2. The first-order valence-electron chi connectivity index (χ1n) is 6.10. The Morgan fingerprint density at radius 2 is 2.05 bits per heavy atom. The van der Waals surface area contributed by atoms with Crippen molar-refractivity contribution in [3.63, 3.8) is 0 Å². The quantitative estimate of drug-likeness (QED) is 0.794. The van der Waals surface area contributed by atoms with E-state index in [-0.39, 0.29) is 5.69 Å². The standard InChI is InChI=1S/C14H13ClN2O4/c1-14(21,13(19)20)7-16-12(18)11-6-9(15)8-4-2-3-5-10(8)17-11/h2-6,21H,7H2,1H3,(H,16,18)(H,19,20). The molecule has 0 radical (unpaired) electrons. The second kappa shape index (κ2) is 5.67. The molecule has 1 aromatic heterocycles. The van der Waals surface area contributed by atoms with E-state index in [0.717, 1.165) is 6.92 Å². The predicted molar refractivity (Wildman–Crippen MR) is 77.3 cm³/mol. The zero-order valence-electron chi connectivity index (χ0n) is 11.1. The summed E-state index contributed by atoms with van der Waals surface area (Å²) < 4.78 is 0. The molecule has 2 aromatic rings. The minimum absolute atomic E-state index is 0.0555. The molecule has 0 aliphatic heterocycles. The number of nitrogens with zero attached hydrogens (tertiary/aromatic N) is 1. The van der Waals surface area contributed by atoms with E-state index in [4.69, 9.17) is 16.7 Å². The summed E-state index contributed by atoms with van der Waals surface area (Å²) in [6.45, 7) is 0.656. The topological polar surface area (TPSA) is 99.5 Å². The zero-order valence-corrected chi connectivity index (χ0v) is 11.9. The lowest BCUT2D eigenvalue weighted by Crippen LogP contribution is -2.46. The maximum Gasteiger partial charge on any atom is 0.337 e. The van der Waals surface area contributed by atoms with Crippen LogP contribution in [0.3, 0.4) is 0 Å². The van der Waals surface area contributed by atoms with E-state index in [1.807, 2.05) is 0 Å². The van der Waals surface area contributed by atoms with Gasteiger partial charge in [-0.25, -0.2) is 9.78 Å². The van der Waals surface area contributed by atoms with Crippen molar-refractivity contribution in [2.24, 2.45) is 0 Å². The molecule has 7 heteroatoms. The number of aliphatic carboxylic acids is 1. The highest BCUT2D eigenvalue weighted by Gasteiger charge is 2.30. The number of aromatic nitrogens is 1. The van der Waals surface area contributed by atoms with Gasteiger partial charge in [-0.3, -0.25) is 4.79 Å². The molecule has 1 heterocycles. The van der Waals surface area contributed by atoms with Crippen LogP contribution in [0.4, 0.5) is 0 Å². The van der Waals surface area contributed by atoms with Gasteiger partial charge in [-0.15, -0.1) is 0 Å². The van der Waals surface area contributed by atoms with Gasteiger partial charge in [0, 0.05) is 5.39 Å². The fourth-order valence-electron chi connectivity index (χ4n) is 1.67. The Hall–Kier alpha value is -2.18. The Bertz CT molecular complexity index is 715. The molecule has 0 saturated carbocycles. The molecule has 1 atom stereocenters. The molecule has 21 heavy (non-hydrogen) atoms. The summed E-state index contributed by atoms with van der Waals surface area (Å²) in [6.07, 6.45) is 0. The summed E-state index contributed by atoms with van der Waals surface area (Å²) in [5, 5.41) is 21.7. The first kappa shape index (κ1) is 15.2. The molecule has 0 aliphatic rings. The molecule has 0 fully saturated rings. The van der Waals surface area contributed by atoms with Crippen LogP contribution in [0.25, 0.3) is 10.9 Å². The average molecular weight is 309 g/mol. The summed E-state index contributed by atoms with van der Waals surface area (Å²) in [5.41, 5.74) is -1.43. The van der Waals surface area contributed by atoms with Crippen LogP contribution < -0.4 is 5.32 Å². The number of hydrogen-bond acceptors (Lipinski definition) is 4. The van der Waals surface area contributed by atoms with Crippen molar-refractivity contribution in [3.05, 3.63) is 41.0 Å². The summed E-state index contributed by atoms with van der Waals surface area (Å²) in [6, 6.07) is 8.46. The summed E-state index contributed by atoms with van der Waals surface area (Å²) in [5.74, 6) is -2.03. The van der Waals surface area contributed by atoms with Gasteiger partial charge in [0.15, 0.2) is 5.60 Å². The number of carbonyl (C=O) groups excluding carboxylic acids is 1. The van der Waals surface area contributed by atoms with Crippen LogP contribution in [0.15, 0.2) is 30.3 Å². The molecule has 0 spiro atoms. The zero-order chi connectivity index (χ0) is 15.6. The number of carboxylic acid groups (broad SMARTS) is 1. The van der Waals surface area contributed by atoms with Crippen LogP contribution in [-0.2, 0) is 4.79 Å². The van der Waals surface area contributed by atoms with Gasteiger partial charge in [-0.2, -0.15) is 0 Å². The number of pyridine rings is 1. The van der Waals surface area contributed by atoms with E-state index in [1.165, 1.54) is 6.07 Å². The van der Waals surface area contributed by atoms with Gasteiger partial charge in [0.05, 0.1) is 17.1 Å². The van der Waals surface area contributed by atoms with Crippen molar-refractivity contribution >= 4 is 34.4 Å². The SMILES string of the molecule is CC(O)(CNC(=O)c1cc(Cl)c2ccccc2n1)C(=O)O. The maximum absolute atomic E-state index is 12.0. The van der Waals surface area contributed by atoms with Crippen LogP contribution in [0.5, 0.6) is 0 Å². The van der Waals surface area contributed by atoms with Crippen LogP contribution in [0.1, 0.15) is 17.4 Å². The monoisotopic (exact) mass is 308 g/mol. The summed E-state index contributed by atoms with van der Waals surface area (Å²) in [4.78, 5) is 26.9. The van der Waals surface area contributed by atoms with Crippen molar-refractivity contribution < 1.29 is 19.8 Å². The van der Waals surface area contributed by atoms with E-state index >= 15 is 0 Å². The number of halogens is 1. The van der Waals surface area contributed by atoms with Crippen LogP contribution in [-0.4, -0.2) is 39.2 Å². The molecule has 1 unspecified atom stereocenters. The number of carboxylic acids is 1. The number of amides is 1. The Balaban J connectivity index is 2.22. The summed E-state index contributed by atoms with van der Waals surface area (Å²) in [7, 11) is 0. The minimum Gasteiger partial charge on any atom is -0.479 e. The molecule has 6 nitrogen and oxygen atoms in total. The molecule has 0 bridgehead atoms. The Kier molecular flexibility index (Phi) is 4.11. The van der Waals surface area contributed by atoms with Crippen molar-refractivity contribution in [1.29, 1.82) is 0 Å². The molecule has 0 saturated heterocycles. The smallest absolute Gasteiger partial charge is 0.337 e. The van der Waals surface area contributed by atoms with E-state index < -0.39 is 24.0 Å². The first-order chi connectivity index (χ1) is 9.81. The largest absolute Gasteiger partial charge is 0.479 e. The number of rotatable bonds is 4. The fourth-order valence-corrected chi connectivity index (χ4v) is 1.93.